The van der Waals surface area contributed by atoms with Gasteiger partial charge in [0.2, 0.25) is 0 Å². The fourth-order valence-corrected chi connectivity index (χ4v) is 10.6. The van der Waals surface area contributed by atoms with Crippen molar-refractivity contribution in [1.82, 2.24) is 0 Å². The zero-order chi connectivity index (χ0) is 28.1. The predicted molar refractivity (Wildman–Crippen MR) is 167 cm³/mol. The van der Waals surface area contributed by atoms with E-state index in [1.165, 1.54) is 15.9 Å². The van der Waals surface area contributed by atoms with Crippen LogP contribution in [0.5, 0.6) is 0 Å². The van der Waals surface area contributed by atoms with Crippen LogP contribution < -0.4 is 10.4 Å². The fraction of sp³-hybridized carbons (Fsp3) is 0.486. The maximum absolute atomic E-state index is 7.07. The van der Waals surface area contributed by atoms with Crippen LogP contribution in [0, 0.1) is 5.92 Å². The molecule has 1 heterocycles. The second kappa shape index (κ2) is 15.6. The second-order valence-corrected chi connectivity index (χ2v) is 16.2. The van der Waals surface area contributed by atoms with Crippen LogP contribution in [0.2, 0.25) is 5.04 Å². The molecule has 0 amide bonds. The van der Waals surface area contributed by atoms with E-state index < -0.39 is 8.32 Å². The molecule has 1 aliphatic heterocycles. The molecule has 0 saturated carbocycles. The van der Waals surface area contributed by atoms with Crippen LogP contribution in [0.1, 0.15) is 64.9 Å². The molecule has 3 aromatic rings. The summed E-state index contributed by atoms with van der Waals surface area (Å²) >= 11 is 0. The molecule has 0 bridgehead atoms. The van der Waals surface area contributed by atoms with Gasteiger partial charge in [-0.3, -0.25) is 0 Å². The quantitative estimate of drug-likeness (QED) is 0.138. The summed E-state index contributed by atoms with van der Waals surface area (Å²) < 4.78 is 24.8. The van der Waals surface area contributed by atoms with E-state index in [4.69, 9.17) is 18.6 Å². The SMILES string of the molecule is CC(C)(C)[Si](OCCCCCC(CCCOCc1ccccc1)C1OCCO1)(c1ccccc1)c1ccccc1. The maximum Gasteiger partial charge on any atom is 0.261 e. The van der Waals surface area contributed by atoms with E-state index in [0.717, 1.165) is 51.7 Å². The van der Waals surface area contributed by atoms with Crippen LogP contribution in [0.3, 0.4) is 0 Å². The molecule has 4 rings (SSSR count). The van der Waals surface area contributed by atoms with Gasteiger partial charge in [-0.15, -0.1) is 0 Å². The van der Waals surface area contributed by atoms with Crippen LogP contribution >= 0.6 is 0 Å². The molecule has 0 aliphatic carbocycles. The van der Waals surface area contributed by atoms with E-state index in [0.29, 0.717) is 25.7 Å². The molecule has 1 atom stereocenters. The number of unbranched alkanes of at least 4 members (excludes halogenated alkanes) is 2. The lowest BCUT2D eigenvalue weighted by molar-refractivity contribution is -0.0896. The summed E-state index contributed by atoms with van der Waals surface area (Å²) in [5.74, 6) is 0.417. The number of hydrogen-bond acceptors (Lipinski definition) is 4. The molecule has 0 radical (unpaired) electrons. The van der Waals surface area contributed by atoms with Crippen molar-refractivity contribution in [2.75, 3.05) is 26.4 Å². The van der Waals surface area contributed by atoms with Gasteiger partial charge in [0.05, 0.1) is 19.8 Å². The average Bonchev–Trinajstić information content (AvgIpc) is 3.51. The highest BCUT2D eigenvalue weighted by Crippen LogP contribution is 2.37. The van der Waals surface area contributed by atoms with Crippen molar-refractivity contribution in [2.24, 2.45) is 5.92 Å². The molecule has 1 fully saturated rings. The highest BCUT2D eigenvalue weighted by atomic mass is 28.4. The fourth-order valence-electron chi connectivity index (χ4n) is 5.95. The van der Waals surface area contributed by atoms with Crippen molar-refractivity contribution in [3.63, 3.8) is 0 Å². The largest absolute Gasteiger partial charge is 0.407 e. The Morgan fingerprint density at radius 2 is 1.25 bits per heavy atom. The Balaban J connectivity index is 1.27. The van der Waals surface area contributed by atoms with Gasteiger partial charge in [-0.1, -0.05) is 125 Å². The third kappa shape index (κ3) is 8.37. The third-order valence-corrected chi connectivity index (χ3v) is 13.0. The first-order valence-corrected chi connectivity index (χ1v) is 17.0. The standard InChI is InChI=1S/C35H48O4Si/c1-35(2,3)40(32-21-11-5-12-22-32,33-23-13-6-14-24-33)39-26-15-7-10-19-31(34-37-27-28-38-34)20-16-25-36-29-30-17-8-4-9-18-30/h4-6,8-9,11-14,17-18,21-24,31,34H,7,10,15-16,19-20,25-29H2,1-3H3. The average molecular weight is 561 g/mol. The molecular formula is C35H48O4Si. The molecule has 40 heavy (non-hydrogen) atoms. The Kier molecular flexibility index (Phi) is 12.0. The van der Waals surface area contributed by atoms with Crippen molar-refractivity contribution < 1.29 is 18.6 Å². The van der Waals surface area contributed by atoms with Gasteiger partial charge in [-0.05, 0) is 46.7 Å². The lowest BCUT2D eigenvalue weighted by atomic mass is 9.95. The lowest BCUT2D eigenvalue weighted by Crippen LogP contribution is -2.66. The zero-order valence-corrected chi connectivity index (χ0v) is 25.7. The van der Waals surface area contributed by atoms with Crippen molar-refractivity contribution in [3.05, 3.63) is 96.6 Å². The molecule has 1 saturated heterocycles. The summed E-state index contributed by atoms with van der Waals surface area (Å²) in [5, 5.41) is 2.71. The van der Waals surface area contributed by atoms with Crippen LogP contribution in [0.15, 0.2) is 91.0 Å². The van der Waals surface area contributed by atoms with Gasteiger partial charge in [0, 0.05) is 19.1 Å². The molecular weight excluding hydrogens is 512 g/mol. The van der Waals surface area contributed by atoms with E-state index in [1.807, 2.05) is 6.07 Å². The van der Waals surface area contributed by atoms with Gasteiger partial charge < -0.3 is 18.6 Å². The van der Waals surface area contributed by atoms with Crippen LogP contribution in [-0.2, 0) is 25.2 Å². The monoisotopic (exact) mass is 560 g/mol. The van der Waals surface area contributed by atoms with E-state index >= 15 is 0 Å². The number of hydrogen-bond donors (Lipinski definition) is 0. The normalized spacial score (nSPS) is 15.4. The Bertz CT molecular complexity index is 1040. The number of ether oxygens (including phenoxy) is 3. The summed E-state index contributed by atoms with van der Waals surface area (Å²) in [6.07, 6.45) is 6.50. The van der Waals surface area contributed by atoms with Crippen molar-refractivity contribution >= 4 is 18.7 Å². The minimum Gasteiger partial charge on any atom is -0.407 e. The Hall–Kier alpha value is -2.28. The maximum atomic E-state index is 7.07. The van der Waals surface area contributed by atoms with Crippen molar-refractivity contribution in [2.45, 2.75) is 77.2 Å². The van der Waals surface area contributed by atoms with Crippen LogP contribution in [0.25, 0.3) is 0 Å². The molecule has 3 aromatic carbocycles. The Morgan fingerprint density at radius 3 is 1.82 bits per heavy atom. The van der Waals surface area contributed by atoms with Gasteiger partial charge in [0.1, 0.15) is 0 Å². The van der Waals surface area contributed by atoms with E-state index in [2.05, 4.69) is 106 Å². The number of rotatable bonds is 16. The molecule has 216 valence electrons. The van der Waals surface area contributed by atoms with Crippen molar-refractivity contribution in [3.8, 4) is 0 Å². The van der Waals surface area contributed by atoms with Crippen LogP contribution in [-0.4, -0.2) is 41.0 Å². The first-order chi connectivity index (χ1) is 19.5. The second-order valence-electron chi connectivity index (χ2n) is 11.9. The lowest BCUT2D eigenvalue weighted by Gasteiger charge is -2.43. The number of benzene rings is 3. The van der Waals surface area contributed by atoms with Gasteiger partial charge in [-0.2, -0.15) is 0 Å². The topological polar surface area (TPSA) is 36.9 Å². The molecule has 1 unspecified atom stereocenters. The highest BCUT2D eigenvalue weighted by Gasteiger charge is 2.49. The molecule has 0 N–H and O–H groups in total. The van der Waals surface area contributed by atoms with E-state index in [-0.39, 0.29) is 11.3 Å². The first-order valence-electron chi connectivity index (χ1n) is 15.1. The van der Waals surface area contributed by atoms with Gasteiger partial charge in [0.15, 0.2) is 6.29 Å². The third-order valence-electron chi connectivity index (χ3n) is 7.96. The first kappa shape index (κ1) is 30.7. The molecule has 0 spiro atoms. The Labute approximate surface area is 243 Å². The minimum atomic E-state index is -2.46. The molecule has 0 aromatic heterocycles. The summed E-state index contributed by atoms with van der Waals surface area (Å²) in [6, 6.07) is 32.2. The summed E-state index contributed by atoms with van der Waals surface area (Å²) in [4.78, 5) is 0. The van der Waals surface area contributed by atoms with Gasteiger partial charge in [0.25, 0.3) is 8.32 Å². The smallest absolute Gasteiger partial charge is 0.261 e. The molecule has 5 heteroatoms. The van der Waals surface area contributed by atoms with Crippen molar-refractivity contribution in [1.29, 1.82) is 0 Å². The highest BCUT2D eigenvalue weighted by molar-refractivity contribution is 6.99. The molecule has 4 nitrogen and oxygen atoms in total. The zero-order valence-electron chi connectivity index (χ0n) is 24.7. The predicted octanol–water partition coefficient (Wildman–Crippen LogP) is 7.11. The van der Waals surface area contributed by atoms with E-state index in [1.54, 1.807) is 0 Å². The summed E-state index contributed by atoms with van der Waals surface area (Å²) in [6.45, 7) is 10.7. The minimum absolute atomic E-state index is 0.0144. The van der Waals surface area contributed by atoms with Crippen LogP contribution in [0.4, 0.5) is 0 Å². The van der Waals surface area contributed by atoms with E-state index in [9.17, 15) is 0 Å². The summed E-state index contributed by atoms with van der Waals surface area (Å²) in [7, 11) is -2.46. The Morgan fingerprint density at radius 1 is 0.700 bits per heavy atom. The summed E-state index contributed by atoms with van der Waals surface area (Å²) in [5.41, 5.74) is 1.22. The van der Waals surface area contributed by atoms with Gasteiger partial charge >= 0.3 is 0 Å². The molecule has 1 aliphatic rings. The van der Waals surface area contributed by atoms with Gasteiger partial charge in [-0.25, -0.2) is 0 Å².